The van der Waals surface area contributed by atoms with E-state index in [1.165, 1.54) is 36.7 Å². The number of sulfonamides is 1. The molecule has 0 aliphatic rings. The van der Waals surface area contributed by atoms with E-state index in [-0.39, 0.29) is 4.90 Å². The molecular formula is C13H14FN3O2S. The molecule has 1 aromatic heterocycles. The zero-order valence-corrected chi connectivity index (χ0v) is 11.6. The quantitative estimate of drug-likeness (QED) is 0.881. The fourth-order valence-electron chi connectivity index (χ4n) is 1.71. The van der Waals surface area contributed by atoms with E-state index in [4.69, 9.17) is 0 Å². The highest BCUT2D eigenvalue weighted by Crippen LogP contribution is 2.19. The fraction of sp³-hybridized carbons (Fsp3) is 0.154. The van der Waals surface area contributed by atoms with Crippen LogP contribution in [0.3, 0.4) is 0 Å². The number of hydrogen-bond donors (Lipinski definition) is 2. The molecule has 0 saturated carbocycles. The molecule has 0 amide bonds. The summed E-state index contributed by atoms with van der Waals surface area (Å²) in [5, 5.41) is 2.87. The number of halogens is 1. The van der Waals surface area contributed by atoms with Gasteiger partial charge in [0.2, 0.25) is 0 Å². The second-order valence-electron chi connectivity index (χ2n) is 4.14. The number of anilines is 1. The van der Waals surface area contributed by atoms with Gasteiger partial charge in [0.1, 0.15) is 10.7 Å². The van der Waals surface area contributed by atoms with Crippen molar-refractivity contribution in [3.63, 3.8) is 0 Å². The Morgan fingerprint density at radius 2 is 1.90 bits per heavy atom. The lowest BCUT2D eigenvalue weighted by Crippen LogP contribution is -2.15. The molecule has 2 aromatic rings. The van der Waals surface area contributed by atoms with E-state index < -0.39 is 15.8 Å². The van der Waals surface area contributed by atoms with Gasteiger partial charge in [0.05, 0.1) is 5.69 Å². The van der Waals surface area contributed by atoms with Crippen LogP contribution < -0.4 is 10.0 Å². The minimum atomic E-state index is -3.95. The van der Waals surface area contributed by atoms with E-state index in [0.29, 0.717) is 17.8 Å². The van der Waals surface area contributed by atoms with Gasteiger partial charge in [0.25, 0.3) is 10.0 Å². The predicted octanol–water partition coefficient (Wildman–Crippen LogP) is 1.74. The van der Waals surface area contributed by atoms with Crippen LogP contribution in [0.5, 0.6) is 0 Å². The van der Waals surface area contributed by atoms with Crippen LogP contribution in [0.15, 0.2) is 47.6 Å². The smallest absolute Gasteiger partial charge is 0.264 e. The summed E-state index contributed by atoms with van der Waals surface area (Å²) < 4.78 is 40.4. The van der Waals surface area contributed by atoms with Crippen LogP contribution in [0.1, 0.15) is 5.56 Å². The van der Waals surface area contributed by atoms with Gasteiger partial charge in [-0.15, -0.1) is 0 Å². The van der Waals surface area contributed by atoms with Crippen LogP contribution in [-0.4, -0.2) is 20.4 Å². The standard InChI is InChI=1S/C13H14FN3O2S/c1-15-9-10-2-3-13(12(14)8-10)20(18,19)17-11-4-6-16-7-5-11/h2-8,15H,9H2,1H3,(H,16,17). The molecule has 0 aliphatic heterocycles. The highest BCUT2D eigenvalue weighted by Gasteiger charge is 2.19. The molecule has 7 heteroatoms. The summed E-state index contributed by atoms with van der Waals surface area (Å²) in [5.41, 5.74) is 1.01. The molecule has 1 heterocycles. The summed E-state index contributed by atoms with van der Waals surface area (Å²) in [6.07, 6.45) is 2.90. The minimum Gasteiger partial charge on any atom is -0.316 e. The van der Waals surface area contributed by atoms with Crippen molar-refractivity contribution >= 4 is 15.7 Å². The normalized spacial score (nSPS) is 11.3. The van der Waals surface area contributed by atoms with Crippen LogP contribution in [0, 0.1) is 5.82 Å². The third-order valence-electron chi connectivity index (χ3n) is 2.60. The fourth-order valence-corrected chi connectivity index (χ4v) is 2.83. The number of aromatic nitrogens is 1. The van der Waals surface area contributed by atoms with Gasteiger partial charge in [0.15, 0.2) is 0 Å². The molecule has 0 unspecified atom stereocenters. The number of benzene rings is 1. The van der Waals surface area contributed by atoms with Crippen molar-refractivity contribution < 1.29 is 12.8 Å². The van der Waals surface area contributed by atoms with Crippen molar-refractivity contribution in [3.8, 4) is 0 Å². The van der Waals surface area contributed by atoms with Crippen molar-refractivity contribution in [2.45, 2.75) is 11.4 Å². The SMILES string of the molecule is CNCc1ccc(S(=O)(=O)Nc2ccncc2)c(F)c1. The molecule has 0 saturated heterocycles. The van der Waals surface area contributed by atoms with Gasteiger partial charge in [-0.25, -0.2) is 12.8 Å². The lowest BCUT2D eigenvalue weighted by atomic mass is 10.2. The van der Waals surface area contributed by atoms with Crippen molar-refractivity contribution in [3.05, 3.63) is 54.1 Å². The van der Waals surface area contributed by atoms with Crippen LogP contribution >= 0.6 is 0 Å². The Morgan fingerprint density at radius 3 is 2.50 bits per heavy atom. The van der Waals surface area contributed by atoms with Gasteiger partial charge >= 0.3 is 0 Å². The number of pyridine rings is 1. The van der Waals surface area contributed by atoms with E-state index >= 15 is 0 Å². The summed E-state index contributed by atoms with van der Waals surface area (Å²) >= 11 is 0. The van der Waals surface area contributed by atoms with Gasteiger partial charge < -0.3 is 5.32 Å². The lowest BCUT2D eigenvalue weighted by molar-refractivity contribution is 0.568. The molecule has 2 N–H and O–H groups in total. The Kier molecular flexibility index (Phi) is 4.31. The predicted molar refractivity (Wildman–Crippen MR) is 74.2 cm³/mol. The van der Waals surface area contributed by atoms with Crippen LogP contribution in [0.25, 0.3) is 0 Å². The van der Waals surface area contributed by atoms with Gasteiger partial charge in [-0.2, -0.15) is 0 Å². The van der Waals surface area contributed by atoms with Crippen molar-refractivity contribution in [2.75, 3.05) is 11.8 Å². The Balaban J connectivity index is 2.30. The monoisotopic (exact) mass is 295 g/mol. The molecule has 20 heavy (non-hydrogen) atoms. The molecule has 106 valence electrons. The maximum Gasteiger partial charge on any atom is 0.264 e. The highest BCUT2D eigenvalue weighted by atomic mass is 32.2. The lowest BCUT2D eigenvalue weighted by Gasteiger charge is -2.09. The van der Waals surface area contributed by atoms with Crippen LogP contribution in [0.4, 0.5) is 10.1 Å². The van der Waals surface area contributed by atoms with E-state index in [9.17, 15) is 12.8 Å². The largest absolute Gasteiger partial charge is 0.316 e. The van der Waals surface area contributed by atoms with Crippen LogP contribution in [0.2, 0.25) is 0 Å². The molecular weight excluding hydrogens is 281 g/mol. The molecule has 0 aliphatic carbocycles. The first kappa shape index (κ1) is 14.4. The summed E-state index contributed by atoms with van der Waals surface area (Å²) in [4.78, 5) is 3.40. The molecule has 0 bridgehead atoms. The zero-order chi connectivity index (χ0) is 14.6. The number of rotatable bonds is 5. The third-order valence-corrected chi connectivity index (χ3v) is 4.01. The second-order valence-corrected chi connectivity index (χ2v) is 5.79. The average Bonchev–Trinajstić information content (AvgIpc) is 2.39. The molecule has 1 aromatic carbocycles. The third kappa shape index (κ3) is 3.31. The van der Waals surface area contributed by atoms with Gasteiger partial charge in [-0.05, 0) is 36.9 Å². The zero-order valence-electron chi connectivity index (χ0n) is 10.8. The van der Waals surface area contributed by atoms with E-state index in [1.54, 1.807) is 13.1 Å². The van der Waals surface area contributed by atoms with Crippen molar-refractivity contribution in [2.24, 2.45) is 0 Å². The van der Waals surface area contributed by atoms with Crippen molar-refractivity contribution in [1.82, 2.24) is 10.3 Å². The van der Waals surface area contributed by atoms with Gasteiger partial charge in [-0.1, -0.05) is 6.07 Å². The summed E-state index contributed by atoms with van der Waals surface area (Å²) in [7, 11) is -2.22. The number of nitrogens with one attached hydrogen (secondary N) is 2. The summed E-state index contributed by atoms with van der Waals surface area (Å²) in [6, 6.07) is 7.01. The Hall–Kier alpha value is -1.99. The molecule has 0 spiro atoms. The first-order valence-electron chi connectivity index (χ1n) is 5.89. The Bertz CT molecular complexity index is 690. The first-order valence-corrected chi connectivity index (χ1v) is 7.37. The summed E-state index contributed by atoms with van der Waals surface area (Å²) in [5.74, 6) is -0.778. The maximum absolute atomic E-state index is 13.9. The molecule has 2 rings (SSSR count). The minimum absolute atomic E-state index is 0.332. The average molecular weight is 295 g/mol. The van der Waals surface area contributed by atoms with E-state index in [1.807, 2.05) is 0 Å². The molecule has 0 atom stereocenters. The molecule has 0 fully saturated rings. The van der Waals surface area contributed by atoms with Crippen molar-refractivity contribution in [1.29, 1.82) is 0 Å². The Morgan fingerprint density at radius 1 is 1.20 bits per heavy atom. The number of nitrogens with zero attached hydrogens (tertiary/aromatic N) is 1. The van der Waals surface area contributed by atoms with E-state index in [0.717, 1.165) is 0 Å². The topological polar surface area (TPSA) is 71.1 Å². The van der Waals surface area contributed by atoms with Crippen LogP contribution in [-0.2, 0) is 16.6 Å². The second kappa shape index (κ2) is 5.98. The van der Waals surface area contributed by atoms with E-state index in [2.05, 4.69) is 15.0 Å². The van der Waals surface area contributed by atoms with Gasteiger partial charge in [-0.3, -0.25) is 9.71 Å². The Labute approximate surface area is 116 Å². The molecule has 5 nitrogen and oxygen atoms in total. The highest BCUT2D eigenvalue weighted by molar-refractivity contribution is 7.92. The first-order chi connectivity index (χ1) is 9.53. The maximum atomic E-state index is 13.9. The number of hydrogen-bond acceptors (Lipinski definition) is 4. The molecule has 0 radical (unpaired) electrons. The van der Waals surface area contributed by atoms with Gasteiger partial charge in [0, 0.05) is 18.9 Å². The summed E-state index contributed by atoms with van der Waals surface area (Å²) in [6.45, 7) is 0.467.